The Balaban J connectivity index is 3.30. The summed E-state index contributed by atoms with van der Waals surface area (Å²) in [6, 6.07) is 3.92. The van der Waals surface area contributed by atoms with Gasteiger partial charge in [-0.2, -0.15) is 0 Å². The Morgan fingerprint density at radius 1 is 1.46 bits per heavy atom. The molecule has 0 heterocycles. The summed E-state index contributed by atoms with van der Waals surface area (Å²) < 4.78 is 21.7. The third kappa shape index (κ3) is 2.41. The fourth-order valence-corrected chi connectivity index (χ4v) is 1.59. The van der Waals surface area contributed by atoms with Crippen molar-refractivity contribution < 1.29 is 13.5 Å². The first-order chi connectivity index (χ1) is 5.95. The lowest BCUT2D eigenvalue weighted by molar-refractivity contribution is 0.281. The smallest absolute Gasteiger partial charge is 0.238 e. The summed E-state index contributed by atoms with van der Waals surface area (Å²) >= 11 is 5.65. The van der Waals surface area contributed by atoms with Gasteiger partial charge >= 0.3 is 0 Å². The van der Waals surface area contributed by atoms with Gasteiger partial charge in [-0.05, 0) is 23.8 Å². The fourth-order valence-electron chi connectivity index (χ4n) is 0.849. The van der Waals surface area contributed by atoms with Crippen molar-refractivity contribution in [3.63, 3.8) is 0 Å². The Labute approximate surface area is 81.0 Å². The lowest BCUT2D eigenvalue weighted by Crippen LogP contribution is -2.12. The van der Waals surface area contributed by atoms with Crippen LogP contribution in [0.2, 0.25) is 5.02 Å². The minimum absolute atomic E-state index is 0.0547. The molecule has 6 heteroatoms. The maximum Gasteiger partial charge on any atom is 0.238 e. The van der Waals surface area contributed by atoms with Crippen molar-refractivity contribution in [1.29, 1.82) is 0 Å². The molecule has 0 aliphatic rings. The molecule has 0 aromatic heterocycles. The molecule has 0 spiro atoms. The molecule has 13 heavy (non-hydrogen) atoms. The summed E-state index contributed by atoms with van der Waals surface area (Å²) in [6.45, 7) is -0.317. The lowest BCUT2D eigenvalue weighted by Gasteiger charge is -2.02. The molecule has 1 aromatic carbocycles. The fraction of sp³-hybridized carbons (Fsp3) is 0.143. The van der Waals surface area contributed by atoms with Crippen LogP contribution in [-0.2, 0) is 16.6 Å². The predicted molar refractivity (Wildman–Crippen MR) is 48.7 cm³/mol. The van der Waals surface area contributed by atoms with Crippen molar-refractivity contribution in [2.45, 2.75) is 11.5 Å². The predicted octanol–water partition coefficient (Wildman–Crippen LogP) is 0.480. The lowest BCUT2D eigenvalue weighted by atomic mass is 10.2. The van der Waals surface area contributed by atoms with E-state index in [9.17, 15) is 8.42 Å². The van der Waals surface area contributed by atoms with Crippen molar-refractivity contribution in [3.8, 4) is 0 Å². The summed E-state index contributed by atoms with van der Waals surface area (Å²) in [6.07, 6.45) is 0. The first-order valence-corrected chi connectivity index (χ1v) is 5.29. The third-order valence-electron chi connectivity index (χ3n) is 1.52. The van der Waals surface area contributed by atoms with Crippen molar-refractivity contribution >= 4 is 21.6 Å². The van der Waals surface area contributed by atoms with E-state index in [-0.39, 0.29) is 11.5 Å². The third-order valence-corrected chi connectivity index (χ3v) is 2.80. The van der Waals surface area contributed by atoms with E-state index in [0.29, 0.717) is 10.6 Å². The van der Waals surface area contributed by atoms with Gasteiger partial charge in [-0.3, -0.25) is 0 Å². The van der Waals surface area contributed by atoms with E-state index in [0.717, 1.165) is 0 Å². The molecule has 0 bridgehead atoms. The molecule has 3 N–H and O–H groups in total. The summed E-state index contributed by atoms with van der Waals surface area (Å²) in [7, 11) is -3.72. The SMILES string of the molecule is NS(=O)(=O)c1ccc(Cl)c(CO)c1. The maximum atomic E-state index is 10.9. The highest BCUT2D eigenvalue weighted by molar-refractivity contribution is 7.89. The topological polar surface area (TPSA) is 80.4 Å². The van der Waals surface area contributed by atoms with Crippen molar-refractivity contribution in [1.82, 2.24) is 0 Å². The van der Waals surface area contributed by atoms with Gasteiger partial charge in [0.15, 0.2) is 0 Å². The zero-order valence-corrected chi connectivity index (χ0v) is 8.14. The zero-order chi connectivity index (χ0) is 10.1. The number of benzene rings is 1. The van der Waals surface area contributed by atoms with Gasteiger partial charge in [0, 0.05) is 5.02 Å². The standard InChI is InChI=1S/C7H8ClNO3S/c8-7-2-1-6(13(9,11)12)3-5(7)4-10/h1-3,10H,4H2,(H2,9,11,12). The van der Waals surface area contributed by atoms with Gasteiger partial charge in [-0.25, -0.2) is 13.6 Å². The molecular weight excluding hydrogens is 214 g/mol. The number of sulfonamides is 1. The molecule has 1 rings (SSSR count). The maximum absolute atomic E-state index is 10.9. The quantitative estimate of drug-likeness (QED) is 0.762. The van der Waals surface area contributed by atoms with Gasteiger partial charge in [-0.15, -0.1) is 0 Å². The van der Waals surface area contributed by atoms with E-state index in [1.807, 2.05) is 0 Å². The van der Waals surface area contributed by atoms with Crippen LogP contribution in [0.3, 0.4) is 0 Å². The molecule has 72 valence electrons. The normalized spacial score (nSPS) is 11.6. The molecule has 0 radical (unpaired) electrons. The first kappa shape index (κ1) is 10.5. The summed E-state index contributed by atoms with van der Waals surface area (Å²) in [4.78, 5) is -0.0547. The van der Waals surface area contributed by atoms with E-state index in [1.54, 1.807) is 0 Å². The Kier molecular flexibility index (Phi) is 2.92. The monoisotopic (exact) mass is 221 g/mol. The van der Waals surface area contributed by atoms with Crippen LogP contribution >= 0.6 is 11.6 Å². The van der Waals surface area contributed by atoms with Crippen molar-refractivity contribution in [2.24, 2.45) is 5.14 Å². The highest BCUT2D eigenvalue weighted by atomic mass is 35.5. The molecule has 0 aliphatic heterocycles. The second-order valence-corrected chi connectivity index (χ2v) is 4.42. The Bertz CT molecular complexity index is 416. The van der Waals surface area contributed by atoms with Crippen LogP contribution in [0, 0.1) is 0 Å². The van der Waals surface area contributed by atoms with Crippen molar-refractivity contribution in [3.05, 3.63) is 28.8 Å². The largest absolute Gasteiger partial charge is 0.392 e. The Morgan fingerprint density at radius 2 is 2.08 bits per heavy atom. The van der Waals surface area contributed by atoms with E-state index in [1.165, 1.54) is 18.2 Å². The van der Waals surface area contributed by atoms with E-state index < -0.39 is 10.0 Å². The molecule has 0 unspecified atom stereocenters. The average molecular weight is 222 g/mol. The number of halogens is 1. The molecule has 0 aliphatic carbocycles. The van der Waals surface area contributed by atoms with E-state index >= 15 is 0 Å². The number of aliphatic hydroxyl groups excluding tert-OH is 1. The number of aliphatic hydroxyl groups is 1. The molecule has 0 fully saturated rings. The van der Waals surface area contributed by atoms with E-state index in [2.05, 4.69) is 0 Å². The summed E-state index contributed by atoms with van der Waals surface area (Å²) in [5.74, 6) is 0. The molecule has 0 saturated carbocycles. The van der Waals surface area contributed by atoms with Gasteiger partial charge in [0.05, 0.1) is 11.5 Å². The van der Waals surface area contributed by atoms with E-state index in [4.69, 9.17) is 21.8 Å². The second kappa shape index (κ2) is 3.63. The van der Waals surface area contributed by atoms with Gasteiger partial charge < -0.3 is 5.11 Å². The van der Waals surface area contributed by atoms with Crippen LogP contribution in [0.25, 0.3) is 0 Å². The van der Waals surface area contributed by atoms with Crippen LogP contribution in [0.5, 0.6) is 0 Å². The van der Waals surface area contributed by atoms with Gasteiger partial charge in [0.2, 0.25) is 10.0 Å². The number of nitrogens with two attached hydrogens (primary N) is 1. The first-order valence-electron chi connectivity index (χ1n) is 3.37. The molecule has 0 amide bonds. The highest BCUT2D eigenvalue weighted by Gasteiger charge is 2.09. The molecule has 1 aromatic rings. The number of hydrogen-bond donors (Lipinski definition) is 2. The van der Waals surface area contributed by atoms with Gasteiger partial charge in [-0.1, -0.05) is 11.6 Å². The molecular formula is C7H8ClNO3S. The Morgan fingerprint density at radius 3 is 2.54 bits per heavy atom. The zero-order valence-electron chi connectivity index (χ0n) is 6.57. The minimum atomic E-state index is -3.72. The molecule has 0 saturated heterocycles. The van der Waals surface area contributed by atoms with Crippen LogP contribution in [0.1, 0.15) is 5.56 Å². The Hall–Kier alpha value is -0.620. The highest BCUT2D eigenvalue weighted by Crippen LogP contribution is 2.19. The van der Waals surface area contributed by atoms with Gasteiger partial charge in [0.1, 0.15) is 0 Å². The number of hydrogen-bond acceptors (Lipinski definition) is 3. The summed E-state index contributed by atoms with van der Waals surface area (Å²) in [5, 5.41) is 14.0. The second-order valence-electron chi connectivity index (χ2n) is 2.46. The van der Waals surface area contributed by atoms with Gasteiger partial charge in [0.25, 0.3) is 0 Å². The number of rotatable bonds is 2. The van der Waals surface area contributed by atoms with Crippen LogP contribution < -0.4 is 5.14 Å². The van der Waals surface area contributed by atoms with Crippen LogP contribution in [-0.4, -0.2) is 13.5 Å². The number of primary sulfonamides is 1. The summed E-state index contributed by atoms with van der Waals surface area (Å²) in [5.41, 5.74) is 0.341. The average Bonchev–Trinajstić information content (AvgIpc) is 2.03. The van der Waals surface area contributed by atoms with Crippen LogP contribution in [0.15, 0.2) is 23.1 Å². The van der Waals surface area contributed by atoms with Crippen molar-refractivity contribution in [2.75, 3.05) is 0 Å². The van der Waals surface area contributed by atoms with Crippen LogP contribution in [0.4, 0.5) is 0 Å². The molecule has 0 atom stereocenters. The molecule has 4 nitrogen and oxygen atoms in total. The minimum Gasteiger partial charge on any atom is -0.392 e.